The minimum atomic E-state index is -0.0343. The second kappa shape index (κ2) is 17.2. The van der Waals surface area contributed by atoms with Gasteiger partial charge in [0, 0.05) is 13.1 Å². The fraction of sp³-hybridized carbons (Fsp3) is 0.900. The highest BCUT2D eigenvalue weighted by Gasteiger charge is 1.95. The van der Waals surface area contributed by atoms with Gasteiger partial charge in [-0.15, -0.1) is 0 Å². The molecule has 0 saturated carbocycles. The molecule has 0 atom stereocenters. The molecule has 0 aliphatic rings. The molecule has 3 N–H and O–H groups in total. The molecule has 0 rings (SSSR count). The SMILES string of the molecule is CC.NCCOCCOCCNC(=O)CBr. The lowest BCUT2D eigenvalue weighted by Crippen LogP contribution is -2.28. The predicted molar refractivity (Wildman–Crippen MR) is 68.8 cm³/mol. The van der Waals surface area contributed by atoms with Crippen molar-refractivity contribution in [2.24, 2.45) is 5.73 Å². The van der Waals surface area contributed by atoms with Crippen LogP contribution in [0.4, 0.5) is 0 Å². The Hall–Kier alpha value is -0.170. The molecule has 0 radical (unpaired) electrons. The maximum Gasteiger partial charge on any atom is 0.230 e. The van der Waals surface area contributed by atoms with Crippen molar-refractivity contribution in [3.63, 3.8) is 0 Å². The number of nitrogens with two attached hydrogens (primary N) is 1. The first-order valence-corrected chi connectivity index (χ1v) is 6.61. The van der Waals surface area contributed by atoms with Gasteiger partial charge in [-0.25, -0.2) is 0 Å². The van der Waals surface area contributed by atoms with E-state index in [2.05, 4.69) is 21.2 Å². The zero-order valence-electron chi connectivity index (χ0n) is 10.1. The van der Waals surface area contributed by atoms with Crippen molar-refractivity contribution in [2.45, 2.75) is 13.8 Å². The van der Waals surface area contributed by atoms with E-state index in [1.54, 1.807) is 0 Å². The fourth-order valence-corrected chi connectivity index (χ4v) is 0.913. The van der Waals surface area contributed by atoms with E-state index in [1.807, 2.05) is 13.8 Å². The lowest BCUT2D eigenvalue weighted by Gasteiger charge is -2.05. The number of ether oxygens (including phenoxy) is 2. The smallest absolute Gasteiger partial charge is 0.230 e. The molecule has 0 aliphatic heterocycles. The highest BCUT2D eigenvalue weighted by atomic mass is 79.9. The van der Waals surface area contributed by atoms with E-state index in [4.69, 9.17) is 15.2 Å². The number of nitrogens with one attached hydrogen (secondary N) is 1. The number of amides is 1. The molecular weight excluding hydrogens is 276 g/mol. The zero-order valence-corrected chi connectivity index (χ0v) is 11.7. The first-order chi connectivity index (χ1) is 7.81. The summed E-state index contributed by atoms with van der Waals surface area (Å²) >= 11 is 3.04. The molecule has 0 heterocycles. The van der Waals surface area contributed by atoms with Crippen LogP contribution in [0.15, 0.2) is 0 Å². The summed E-state index contributed by atoms with van der Waals surface area (Å²) in [6.07, 6.45) is 0. The van der Waals surface area contributed by atoms with Crippen LogP contribution in [-0.4, -0.2) is 50.8 Å². The number of hydrogen-bond acceptors (Lipinski definition) is 4. The molecule has 1 amide bonds. The first-order valence-electron chi connectivity index (χ1n) is 5.49. The van der Waals surface area contributed by atoms with Crippen molar-refractivity contribution >= 4 is 21.8 Å². The number of rotatable bonds is 9. The van der Waals surface area contributed by atoms with Crippen molar-refractivity contribution in [3.8, 4) is 0 Å². The van der Waals surface area contributed by atoms with Crippen LogP contribution >= 0.6 is 15.9 Å². The van der Waals surface area contributed by atoms with Crippen molar-refractivity contribution in [3.05, 3.63) is 0 Å². The maximum atomic E-state index is 10.7. The summed E-state index contributed by atoms with van der Waals surface area (Å²) in [6, 6.07) is 0. The van der Waals surface area contributed by atoms with Gasteiger partial charge in [0.1, 0.15) is 0 Å². The largest absolute Gasteiger partial charge is 0.378 e. The number of carbonyl (C=O) groups is 1. The summed E-state index contributed by atoms with van der Waals surface area (Å²) in [5.74, 6) is -0.0343. The highest BCUT2D eigenvalue weighted by Crippen LogP contribution is 1.80. The molecule has 0 aliphatic carbocycles. The summed E-state index contributed by atoms with van der Waals surface area (Å²) in [4.78, 5) is 10.7. The number of halogens is 1. The van der Waals surface area contributed by atoms with Gasteiger partial charge in [0.15, 0.2) is 0 Å². The van der Waals surface area contributed by atoms with E-state index in [0.717, 1.165) is 0 Å². The van der Waals surface area contributed by atoms with Gasteiger partial charge in [-0.3, -0.25) is 4.79 Å². The van der Waals surface area contributed by atoms with Gasteiger partial charge >= 0.3 is 0 Å². The van der Waals surface area contributed by atoms with Crippen LogP contribution in [0.2, 0.25) is 0 Å². The van der Waals surface area contributed by atoms with Gasteiger partial charge in [0.05, 0.1) is 31.8 Å². The van der Waals surface area contributed by atoms with E-state index in [0.29, 0.717) is 44.8 Å². The van der Waals surface area contributed by atoms with Crippen molar-refractivity contribution in [1.82, 2.24) is 5.32 Å². The lowest BCUT2D eigenvalue weighted by molar-refractivity contribution is -0.118. The maximum absolute atomic E-state index is 10.7. The van der Waals surface area contributed by atoms with Crippen LogP contribution < -0.4 is 11.1 Å². The van der Waals surface area contributed by atoms with E-state index in [-0.39, 0.29) is 5.91 Å². The number of carbonyl (C=O) groups excluding carboxylic acids is 1. The molecule has 0 spiro atoms. The standard InChI is InChI=1S/C8H17BrN2O3.C2H6/c9-7-8(12)11-2-4-14-6-5-13-3-1-10;1-2/h1-7,10H2,(H,11,12);1-2H3. The zero-order chi connectivity index (χ0) is 12.6. The quantitative estimate of drug-likeness (QED) is 0.481. The molecule has 98 valence electrons. The van der Waals surface area contributed by atoms with Gasteiger partial charge < -0.3 is 20.5 Å². The van der Waals surface area contributed by atoms with Crippen LogP contribution in [0.3, 0.4) is 0 Å². The topological polar surface area (TPSA) is 73.6 Å². The molecule has 6 heteroatoms. The third-order valence-electron chi connectivity index (χ3n) is 1.32. The highest BCUT2D eigenvalue weighted by molar-refractivity contribution is 9.09. The summed E-state index contributed by atoms with van der Waals surface area (Å²) in [5, 5.41) is 2.99. The summed E-state index contributed by atoms with van der Waals surface area (Å²) in [6.45, 7) is 7.20. The first kappa shape index (κ1) is 18.2. The lowest BCUT2D eigenvalue weighted by atomic mass is 10.6. The molecule has 0 bridgehead atoms. The summed E-state index contributed by atoms with van der Waals surface area (Å²) < 4.78 is 10.3. The van der Waals surface area contributed by atoms with Gasteiger partial charge in [0.2, 0.25) is 5.91 Å². The second-order valence-electron chi connectivity index (χ2n) is 2.50. The van der Waals surface area contributed by atoms with Gasteiger partial charge in [0.25, 0.3) is 0 Å². The van der Waals surface area contributed by atoms with Crippen LogP contribution in [0.1, 0.15) is 13.8 Å². The number of alkyl halides is 1. The molecule has 0 aromatic rings. The van der Waals surface area contributed by atoms with Crippen LogP contribution in [0.25, 0.3) is 0 Å². The molecule has 16 heavy (non-hydrogen) atoms. The van der Waals surface area contributed by atoms with Crippen molar-refractivity contribution in [1.29, 1.82) is 0 Å². The Labute approximate surface area is 106 Å². The Bertz CT molecular complexity index is 148. The van der Waals surface area contributed by atoms with Crippen molar-refractivity contribution in [2.75, 3.05) is 44.8 Å². The van der Waals surface area contributed by atoms with Gasteiger partial charge in [-0.05, 0) is 0 Å². The Morgan fingerprint density at radius 2 is 1.75 bits per heavy atom. The average Bonchev–Trinajstić information content (AvgIpc) is 2.34. The third-order valence-corrected chi connectivity index (χ3v) is 1.83. The Morgan fingerprint density at radius 3 is 2.25 bits per heavy atom. The molecule has 0 saturated heterocycles. The Morgan fingerprint density at radius 1 is 1.19 bits per heavy atom. The minimum absolute atomic E-state index is 0.0343. The van der Waals surface area contributed by atoms with E-state index in [9.17, 15) is 4.79 Å². The van der Waals surface area contributed by atoms with E-state index in [1.165, 1.54) is 0 Å². The molecule has 5 nitrogen and oxygen atoms in total. The molecule has 0 unspecified atom stereocenters. The minimum Gasteiger partial charge on any atom is -0.378 e. The van der Waals surface area contributed by atoms with E-state index >= 15 is 0 Å². The van der Waals surface area contributed by atoms with Crippen molar-refractivity contribution < 1.29 is 14.3 Å². The predicted octanol–water partition coefficient (Wildman–Crippen LogP) is 0.516. The van der Waals surface area contributed by atoms with E-state index < -0.39 is 0 Å². The monoisotopic (exact) mass is 298 g/mol. The van der Waals surface area contributed by atoms with Crippen LogP contribution in [0, 0.1) is 0 Å². The Kier molecular flexibility index (Phi) is 19.6. The molecule has 0 fully saturated rings. The third kappa shape index (κ3) is 16.3. The molecule has 0 aromatic carbocycles. The van der Waals surface area contributed by atoms with Crippen LogP contribution in [0.5, 0.6) is 0 Å². The normalized spacial score (nSPS) is 9.25. The second-order valence-corrected chi connectivity index (χ2v) is 3.06. The fourth-order valence-electron chi connectivity index (χ4n) is 0.715. The van der Waals surface area contributed by atoms with Crippen LogP contribution in [-0.2, 0) is 14.3 Å². The van der Waals surface area contributed by atoms with Gasteiger partial charge in [-0.2, -0.15) is 0 Å². The average molecular weight is 299 g/mol. The Balaban J connectivity index is 0. The summed E-state index contributed by atoms with van der Waals surface area (Å²) in [7, 11) is 0. The summed E-state index contributed by atoms with van der Waals surface area (Å²) in [5.41, 5.74) is 5.22. The number of hydrogen-bond donors (Lipinski definition) is 2. The molecule has 0 aromatic heterocycles. The van der Waals surface area contributed by atoms with Gasteiger partial charge in [-0.1, -0.05) is 29.8 Å². The molecular formula is C10H23BrN2O3.